The van der Waals surface area contributed by atoms with Gasteiger partial charge >= 0.3 is 0 Å². The molecular weight excluding hydrogens is 352 g/mol. The minimum absolute atomic E-state index is 0.172. The van der Waals surface area contributed by atoms with Crippen molar-refractivity contribution in [3.8, 4) is 5.75 Å². The van der Waals surface area contributed by atoms with Crippen molar-refractivity contribution in [3.05, 3.63) is 27.7 Å². The second-order valence-electron chi connectivity index (χ2n) is 4.70. The summed E-state index contributed by atoms with van der Waals surface area (Å²) in [5.41, 5.74) is 6.47. The highest BCUT2D eigenvalue weighted by Crippen LogP contribution is 2.27. The molecule has 0 aliphatic rings. The van der Waals surface area contributed by atoms with Gasteiger partial charge in [-0.1, -0.05) is 15.9 Å². The predicted molar refractivity (Wildman–Crippen MR) is 86.5 cm³/mol. The van der Waals surface area contributed by atoms with Gasteiger partial charge in [0.25, 0.3) is 5.91 Å². The third kappa shape index (κ3) is 6.44. The molecule has 7 heteroatoms. The predicted octanol–water partition coefficient (Wildman–Crippen LogP) is 2.02. The van der Waals surface area contributed by atoms with Gasteiger partial charge in [0, 0.05) is 11.1 Å². The van der Waals surface area contributed by atoms with Crippen molar-refractivity contribution >= 4 is 27.7 Å². The average molecular weight is 373 g/mol. The van der Waals surface area contributed by atoms with Gasteiger partial charge in [0.15, 0.2) is 6.61 Å². The number of ether oxygens (including phenoxy) is 2. The van der Waals surface area contributed by atoms with Gasteiger partial charge in [-0.05, 0) is 44.0 Å². The number of benzene rings is 1. The lowest BCUT2D eigenvalue weighted by Crippen LogP contribution is -2.44. The summed E-state index contributed by atoms with van der Waals surface area (Å²) in [5.74, 6) is -0.0645. The Hall–Kier alpha value is -1.60. The Kier molecular flexibility index (Phi) is 7.90. The van der Waals surface area contributed by atoms with Crippen LogP contribution < -0.4 is 15.6 Å². The van der Waals surface area contributed by atoms with Crippen molar-refractivity contribution in [2.75, 3.05) is 19.8 Å². The minimum atomic E-state index is -0.425. The Morgan fingerprint density at radius 3 is 2.32 bits per heavy atom. The first kappa shape index (κ1) is 18.4. The summed E-state index contributed by atoms with van der Waals surface area (Å²) in [4.78, 5) is 23.0. The second kappa shape index (κ2) is 9.42. The molecule has 1 aromatic rings. The molecule has 0 aromatic heterocycles. The first-order valence-corrected chi connectivity index (χ1v) is 7.78. The van der Waals surface area contributed by atoms with E-state index >= 15 is 0 Å². The number of aryl methyl sites for hydroxylation is 2. The van der Waals surface area contributed by atoms with Gasteiger partial charge < -0.3 is 9.47 Å². The van der Waals surface area contributed by atoms with Crippen molar-refractivity contribution in [1.82, 2.24) is 10.9 Å². The van der Waals surface area contributed by atoms with E-state index in [2.05, 4.69) is 26.8 Å². The van der Waals surface area contributed by atoms with E-state index < -0.39 is 5.91 Å². The van der Waals surface area contributed by atoms with Crippen molar-refractivity contribution in [3.63, 3.8) is 0 Å². The summed E-state index contributed by atoms with van der Waals surface area (Å²) in [6, 6.07) is 3.82. The molecule has 2 amide bonds. The maximum atomic E-state index is 11.6. The molecule has 0 unspecified atom stereocenters. The van der Waals surface area contributed by atoms with Gasteiger partial charge in [-0.25, -0.2) is 0 Å². The van der Waals surface area contributed by atoms with Gasteiger partial charge in [0.2, 0.25) is 5.91 Å². The van der Waals surface area contributed by atoms with E-state index in [1.54, 1.807) is 0 Å². The third-order valence-electron chi connectivity index (χ3n) is 2.79. The average Bonchev–Trinajstić information content (AvgIpc) is 2.44. The number of rotatable bonds is 7. The van der Waals surface area contributed by atoms with Crippen LogP contribution in [-0.2, 0) is 14.3 Å². The van der Waals surface area contributed by atoms with Crippen LogP contribution in [0.15, 0.2) is 16.6 Å². The van der Waals surface area contributed by atoms with E-state index in [9.17, 15) is 9.59 Å². The lowest BCUT2D eigenvalue weighted by atomic mass is 10.1. The Morgan fingerprint density at radius 1 is 1.14 bits per heavy atom. The molecule has 122 valence electrons. The maximum Gasteiger partial charge on any atom is 0.276 e. The van der Waals surface area contributed by atoms with E-state index in [1.807, 2.05) is 32.9 Å². The van der Waals surface area contributed by atoms with Gasteiger partial charge in [0.05, 0.1) is 13.0 Å². The molecule has 0 bridgehead atoms. The Balaban J connectivity index is 2.36. The molecule has 0 heterocycles. The standard InChI is InChI=1S/C15H21BrN2O4/c1-4-21-6-5-13(19)17-18-14(20)9-22-15-10(2)7-12(16)8-11(15)3/h7-8H,4-6,9H2,1-3H3,(H,17,19)(H,18,20). The zero-order valence-electron chi connectivity index (χ0n) is 13.0. The highest BCUT2D eigenvalue weighted by Gasteiger charge is 2.09. The number of halogens is 1. The molecule has 0 aliphatic heterocycles. The van der Waals surface area contributed by atoms with Crippen LogP contribution >= 0.6 is 15.9 Å². The van der Waals surface area contributed by atoms with Crippen LogP contribution in [0.2, 0.25) is 0 Å². The van der Waals surface area contributed by atoms with Crippen LogP contribution in [0.1, 0.15) is 24.5 Å². The van der Waals surface area contributed by atoms with Crippen LogP contribution in [0, 0.1) is 13.8 Å². The first-order chi connectivity index (χ1) is 10.4. The number of hydrazine groups is 1. The SMILES string of the molecule is CCOCCC(=O)NNC(=O)COc1c(C)cc(Br)cc1C. The topological polar surface area (TPSA) is 76.7 Å². The highest BCUT2D eigenvalue weighted by molar-refractivity contribution is 9.10. The summed E-state index contributed by atoms with van der Waals surface area (Å²) in [6.45, 7) is 6.37. The molecule has 1 aromatic carbocycles. The van der Waals surface area contributed by atoms with Gasteiger partial charge in [-0.3, -0.25) is 20.4 Å². The quantitative estimate of drug-likeness (QED) is 0.566. The molecule has 0 atom stereocenters. The maximum absolute atomic E-state index is 11.6. The van der Waals surface area contributed by atoms with Crippen LogP contribution in [0.3, 0.4) is 0 Å². The zero-order valence-corrected chi connectivity index (χ0v) is 14.6. The number of amides is 2. The number of nitrogens with one attached hydrogen (secondary N) is 2. The van der Waals surface area contributed by atoms with E-state index in [1.165, 1.54) is 0 Å². The minimum Gasteiger partial charge on any atom is -0.483 e. The highest BCUT2D eigenvalue weighted by atomic mass is 79.9. The Morgan fingerprint density at radius 2 is 1.73 bits per heavy atom. The summed E-state index contributed by atoms with van der Waals surface area (Å²) in [6.07, 6.45) is 0.194. The van der Waals surface area contributed by atoms with Crippen LogP contribution in [0.25, 0.3) is 0 Å². The van der Waals surface area contributed by atoms with Crippen LogP contribution in [0.4, 0.5) is 0 Å². The van der Waals surface area contributed by atoms with Crippen molar-refractivity contribution in [2.24, 2.45) is 0 Å². The molecular formula is C15H21BrN2O4. The molecule has 0 spiro atoms. The summed E-state index contributed by atoms with van der Waals surface area (Å²) < 4.78 is 11.5. The van der Waals surface area contributed by atoms with E-state index in [0.717, 1.165) is 15.6 Å². The monoisotopic (exact) mass is 372 g/mol. The van der Waals surface area contributed by atoms with Crippen molar-refractivity contribution in [1.29, 1.82) is 0 Å². The summed E-state index contributed by atoms with van der Waals surface area (Å²) in [7, 11) is 0. The van der Waals surface area contributed by atoms with E-state index in [-0.39, 0.29) is 18.9 Å². The van der Waals surface area contributed by atoms with Crippen molar-refractivity contribution in [2.45, 2.75) is 27.2 Å². The number of hydrogen-bond donors (Lipinski definition) is 2. The lowest BCUT2D eigenvalue weighted by Gasteiger charge is -2.13. The smallest absolute Gasteiger partial charge is 0.276 e. The van der Waals surface area contributed by atoms with E-state index in [0.29, 0.717) is 19.0 Å². The molecule has 0 radical (unpaired) electrons. The molecule has 0 fully saturated rings. The molecule has 2 N–H and O–H groups in total. The van der Waals surface area contributed by atoms with Gasteiger partial charge in [-0.15, -0.1) is 0 Å². The first-order valence-electron chi connectivity index (χ1n) is 6.99. The van der Waals surface area contributed by atoms with Crippen molar-refractivity contribution < 1.29 is 19.1 Å². The third-order valence-corrected chi connectivity index (χ3v) is 3.25. The molecule has 0 saturated heterocycles. The molecule has 0 saturated carbocycles. The van der Waals surface area contributed by atoms with Gasteiger partial charge in [0.1, 0.15) is 5.75 Å². The normalized spacial score (nSPS) is 10.2. The second-order valence-corrected chi connectivity index (χ2v) is 5.62. The van der Waals surface area contributed by atoms with Crippen LogP contribution in [-0.4, -0.2) is 31.6 Å². The Bertz CT molecular complexity index is 511. The number of carbonyl (C=O) groups excluding carboxylic acids is 2. The Labute approximate surface area is 138 Å². The fourth-order valence-electron chi connectivity index (χ4n) is 1.81. The van der Waals surface area contributed by atoms with Crippen LogP contribution in [0.5, 0.6) is 5.75 Å². The lowest BCUT2D eigenvalue weighted by molar-refractivity contribution is -0.130. The fourth-order valence-corrected chi connectivity index (χ4v) is 2.50. The fraction of sp³-hybridized carbons (Fsp3) is 0.467. The zero-order chi connectivity index (χ0) is 16.5. The largest absolute Gasteiger partial charge is 0.483 e. The molecule has 22 heavy (non-hydrogen) atoms. The number of hydrogen-bond acceptors (Lipinski definition) is 4. The number of carbonyl (C=O) groups is 2. The summed E-state index contributed by atoms with van der Waals surface area (Å²) in [5, 5.41) is 0. The summed E-state index contributed by atoms with van der Waals surface area (Å²) >= 11 is 3.40. The molecule has 6 nitrogen and oxygen atoms in total. The van der Waals surface area contributed by atoms with E-state index in [4.69, 9.17) is 9.47 Å². The molecule has 1 rings (SSSR count). The molecule has 0 aliphatic carbocycles. The van der Waals surface area contributed by atoms with Gasteiger partial charge in [-0.2, -0.15) is 0 Å².